The first-order chi connectivity index (χ1) is 9.81. The van der Waals surface area contributed by atoms with Crippen LogP contribution in [0.5, 0.6) is 0 Å². The molecule has 1 amide bonds. The van der Waals surface area contributed by atoms with Crippen molar-refractivity contribution in [3.05, 3.63) is 35.9 Å². The molecule has 118 valence electrons. The van der Waals surface area contributed by atoms with Gasteiger partial charge in [0.25, 0.3) is 0 Å². The third kappa shape index (κ3) is 7.14. The summed E-state index contributed by atoms with van der Waals surface area (Å²) < 4.78 is 5.44. The number of aliphatic hydroxyl groups is 1. The quantitative estimate of drug-likeness (QED) is 0.872. The lowest BCUT2D eigenvalue weighted by molar-refractivity contribution is 0.0203. The Hall–Kier alpha value is -1.55. The van der Waals surface area contributed by atoms with Crippen molar-refractivity contribution in [1.29, 1.82) is 0 Å². The van der Waals surface area contributed by atoms with E-state index in [9.17, 15) is 9.90 Å². The van der Waals surface area contributed by atoms with Gasteiger partial charge in [-0.15, -0.1) is 0 Å². The van der Waals surface area contributed by atoms with Crippen LogP contribution in [0.25, 0.3) is 0 Å². The molecule has 1 atom stereocenters. The maximum Gasteiger partial charge on any atom is 0.410 e. The van der Waals surface area contributed by atoms with E-state index in [1.165, 1.54) is 0 Å². The Kier molecular flexibility index (Phi) is 6.69. The highest BCUT2D eigenvalue weighted by atomic mass is 16.6. The first-order valence-electron chi connectivity index (χ1n) is 7.51. The van der Waals surface area contributed by atoms with Crippen molar-refractivity contribution in [2.75, 3.05) is 6.54 Å². The zero-order chi connectivity index (χ0) is 15.9. The Labute approximate surface area is 127 Å². The number of carbonyl (C=O) groups excluding carboxylic acids is 1. The fourth-order valence-corrected chi connectivity index (χ4v) is 1.87. The molecule has 0 spiro atoms. The van der Waals surface area contributed by atoms with Crippen LogP contribution in [-0.4, -0.2) is 34.3 Å². The van der Waals surface area contributed by atoms with Crippen molar-refractivity contribution < 1.29 is 14.6 Å². The van der Waals surface area contributed by atoms with E-state index in [-0.39, 0.29) is 12.2 Å². The normalized spacial score (nSPS) is 12.8. The SMILES string of the molecule is CCC(O)CCN(Cc1ccccc1)C(=O)OC(C)(C)C. The molecule has 4 heteroatoms. The summed E-state index contributed by atoms with van der Waals surface area (Å²) in [6.07, 6.45) is 0.524. The van der Waals surface area contributed by atoms with Gasteiger partial charge in [-0.05, 0) is 39.2 Å². The van der Waals surface area contributed by atoms with Gasteiger partial charge in [0.05, 0.1) is 6.10 Å². The zero-order valence-electron chi connectivity index (χ0n) is 13.5. The predicted molar refractivity (Wildman–Crippen MR) is 84.0 cm³/mol. The highest BCUT2D eigenvalue weighted by Crippen LogP contribution is 2.14. The van der Waals surface area contributed by atoms with E-state index in [4.69, 9.17) is 4.74 Å². The molecule has 0 saturated carbocycles. The number of carbonyl (C=O) groups is 1. The molecule has 1 N–H and O–H groups in total. The van der Waals surface area contributed by atoms with Crippen molar-refractivity contribution in [2.24, 2.45) is 0 Å². The van der Waals surface area contributed by atoms with E-state index in [1.54, 1.807) is 4.90 Å². The standard InChI is InChI=1S/C17H27NO3/c1-5-15(19)11-12-18(16(20)21-17(2,3)4)13-14-9-7-6-8-10-14/h6-10,15,19H,5,11-13H2,1-4H3. The van der Waals surface area contributed by atoms with Crippen molar-refractivity contribution in [2.45, 2.75) is 58.8 Å². The number of rotatable bonds is 6. The van der Waals surface area contributed by atoms with Crippen molar-refractivity contribution >= 4 is 6.09 Å². The Morgan fingerprint density at radius 1 is 1.29 bits per heavy atom. The molecule has 0 saturated heterocycles. The van der Waals surface area contributed by atoms with E-state index in [2.05, 4.69) is 0 Å². The summed E-state index contributed by atoms with van der Waals surface area (Å²) in [5.74, 6) is 0. The number of benzene rings is 1. The van der Waals surface area contributed by atoms with E-state index >= 15 is 0 Å². The molecule has 21 heavy (non-hydrogen) atoms. The molecule has 0 bridgehead atoms. The summed E-state index contributed by atoms with van der Waals surface area (Å²) in [6.45, 7) is 8.47. The van der Waals surface area contributed by atoms with Crippen molar-refractivity contribution in [3.8, 4) is 0 Å². The van der Waals surface area contributed by atoms with Crippen LogP contribution in [0.2, 0.25) is 0 Å². The van der Waals surface area contributed by atoms with Gasteiger partial charge < -0.3 is 14.7 Å². The third-order valence-electron chi connectivity index (χ3n) is 3.07. The second-order valence-corrected chi connectivity index (χ2v) is 6.24. The fraction of sp³-hybridized carbons (Fsp3) is 0.588. The van der Waals surface area contributed by atoms with Crippen LogP contribution in [0.15, 0.2) is 30.3 Å². The van der Waals surface area contributed by atoms with Crippen molar-refractivity contribution in [1.82, 2.24) is 4.90 Å². The summed E-state index contributed by atoms with van der Waals surface area (Å²) >= 11 is 0. The molecular weight excluding hydrogens is 266 g/mol. The number of hydrogen-bond donors (Lipinski definition) is 1. The Morgan fingerprint density at radius 3 is 2.43 bits per heavy atom. The molecule has 1 unspecified atom stereocenters. The number of aliphatic hydroxyl groups excluding tert-OH is 1. The van der Waals surface area contributed by atoms with E-state index in [0.29, 0.717) is 25.9 Å². The van der Waals surface area contributed by atoms with E-state index in [1.807, 2.05) is 58.0 Å². The average molecular weight is 293 g/mol. The van der Waals surface area contributed by atoms with Crippen LogP contribution in [0.3, 0.4) is 0 Å². The summed E-state index contributed by atoms with van der Waals surface area (Å²) in [4.78, 5) is 13.9. The lowest BCUT2D eigenvalue weighted by Crippen LogP contribution is -2.38. The lowest BCUT2D eigenvalue weighted by Gasteiger charge is -2.28. The molecule has 1 aromatic carbocycles. The molecule has 4 nitrogen and oxygen atoms in total. The number of hydrogen-bond acceptors (Lipinski definition) is 3. The smallest absolute Gasteiger partial charge is 0.410 e. The maximum atomic E-state index is 12.3. The van der Waals surface area contributed by atoms with E-state index in [0.717, 1.165) is 5.56 Å². The first kappa shape index (κ1) is 17.5. The third-order valence-corrected chi connectivity index (χ3v) is 3.07. The van der Waals surface area contributed by atoms with Gasteiger partial charge in [0.1, 0.15) is 5.60 Å². The monoisotopic (exact) mass is 293 g/mol. The molecule has 0 aliphatic rings. The molecule has 1 rings (SSSR count). The van der Waals surface area contributed by atoms with Gasteiger partial charge in [-0.25, -0.2) is 4.79 Å². The Morgan fingerprint density at radius 2 is 1.90 bits per heavy atom. The van der Waals surface area contributed by atoms with Gasteiger partial charge in [-0.2, -0.15) is 0 Å². The van der Waals surface area contributed by atoms with Gasteiger partial charge in [-0.1, -0.05) is 37.3 Å². The summed E-state index contributed by atoms with van der Waals surface area (Å²) in [7, 11) is 0. The highest BCUT2D eigenvalue weighted by molar-refractivity contribution is 5.68. The molecule has 0 aliphatic carbocycles. The van der Waals surface area contributed by atoms with E-state index < -0.39 is 5.60 Å². The molecule has 0 fully saturated rings. The second-order valence-electron chi connectivity index (χ2n) is 6.24. The summed E-state index contributed by atoms with van der Waals surface area (Å²) in [5, 5.41) is 9.71. The van der Waals surface area contributed by atoms with Gasteiger partial charge in [-0.3, -0.25) is 0 Å². The molecule has 0 radical (unpaired) electrons. The first-order valence-corrected chi connectivity index (χ1v) is 7.51. The van der Waals surface area contributed by atoms with Crippen LogP contribution in [0.4, 0.5) is 4.79 Å². The largest absolute Gasteiger partial charge is 0.444 e. The van der Waals surface area contributed by atoms with Crippen LogP contribution in [0.1, 0.15) is 46.1 Å². The molecule has 1 aromatic rings. The summed E-state index contributed by atoms with van der Waals surface area (Å²) in [6, 6.07) is 9.80. The Balaban J connectivity index is 2.71. The fourth-order valence-electron chi connectivity index (χ4n) is 1.87. The summed E-state index contributed by atoms with van der Waals surface area (Å²) in [5.41, 5.74) is 0.532. The van der Waals surface area contributed by atoms with Gasteiger partial charge >= 0.3 is 6.09 Å². The van der Waals surface area contributed by atoms with Gasteiger partial charge in [0, 0.05) is 13.1 Å². The lowest BCUT2D eigenvalue weighted by atomic mass is 10.1. The minimum atomic E-state index is -0.518. The number of nitrogens with zero attached hydrogens (tertiary/aromatic N) is 1. The average Bonchev–Trinajstić information content (AvgIpc) is 2.42. The molecule has 0 heterocycles. The Bertz CT molecular complexity index is 425. The van der Waals surface area contributed by atoms with Crippen LogP contribution >= 0.6 is 0 Å². The molecule has 0 aliphatic heterocycles. The maximum absolute atomic E-state index is 12.3. The predicted octanol–water partition coefficient (Wildman–Crippen LogP) is 3.58. The van der Waals surface area contributed by atoms with Crippen LogP contribution in [-0.2, 0) is 11.3 Å². The minimum absolute atomic E-state index is 0.338. The molecule has 0 aromatic heterocycles. The van der Waals surface area contributed by atoms with Gasteiger partial charge in [0.2, 0.25) is 0 Å². The van der Waals surface area contributed by atoms with Crippen LogP contribution in [0, 0.1) is 0 Å². The van der Waals surface area contributed by atoms with Crippen molar-refractivity contribution in [3.63, 3.8) is 0 Å². The topological polar surface area (TPSA) is 49.8 Å². The molecular formula is C17H27NO3. The number of ether oxygens (including phenoxy) is 1. The van der Waals surface area contributed by atoms with Gasteiger partial charge in [0.15, 0.2) is 0 Å². The van der Waals surface area contributed by atoms with Crippen LogP contribution < -0.4 is 0 Å². The number of amides is 1. The highest BCUT2D eigenvalue weighted by Gasteiger charge is 2.22. The minimum Gasteiger partial charge on any atom is -0.444 e. The second kappa shape index (κ2) is 8.03. The zero-order valence-corrected chi connectivity index (χ0v) is 13.5.